The number of Topliss-reactive ketones (excluding diaryl/α,β-unsaturated/α-hetero) is 1. The van der Waals surface area contributed by atoms with Crippen LogP contribution in [0.25, 0.3) is 17.0 Å². The topological polar surface area (TPSA) is 59.4 Å². The molecule has 1 aliphatic heterocycles. The fourth-order valence-corrected chi connectivity index (χ4v) is 1.75. The average molecular weight is 269 g/mol. The van der Waals surface area contributed by atoms with Gasteiger partial charge in [0.05, 0.1) is 10.9 Å². The Morgan fingerprint density at radius 3 is 2.71 bits per heavy atom. The van der Waals surface area contributed by atoms with Crippen LogP contribution in [0.15, 0.2) is 35.5 Å². The van der Waals surface area contributed by atoms with E-state index in [-0.39, 0.29) is 16.5 Å². The molecule has 0 unspecified atom stereocenters. The fraction of sp³-hybridized carbons (Fsp3) is 0. The van der Waals surface area contributed by atoms with Crippen molar-refractivity contribution >= 4 is 28.7 Å². The predicted molar refractivity (Wildman–Crippen MR) is 57.0 cm³/mol. The van der Waals surface area contributed by atoms with Gasteiger partial charge < -0.3 is 0 Å². The number of hydrogen-bond acceptors (Lipinski definition) is 3. The summed E-state index contributed by atoms with van der Waals surface area (Å²) >= 11 is 0. The summed E-state index contributed by atoms with van der Waals surface area (Å²) in [5.41, 5.74) is 0.764. The van der Waals surface area contributed by atoms with Crippen molar-refractivity contribution in [3.05, 3.63) is 41.0 Å². The number of nitrogens with zero attached hydrogens (tertiary/aromatic N) is 2. The second kappa shape index (κ2) is 4.19. The van der Waals surface area contributed by atoms with Gasteiger partial charge in [0, 0.05) is 39.4 Å². The van der Waals surface area contributed by atoms with E-state index in [1.807, 2.05) is 12.1 Å². The number of carbonyl (C=O) groups is 2. The number of hydrogen-bond donors (Lipinski definition) is 0. The number of fused-ring (bicyclic) bond motifs is 3. The van der Waals surface area contributed by atoms with Crippen LogP contribution in [0.1, 0.15) is 0 Å². The summed E-state index contributed by atoms with van der Waals surface area (Å²) in [6, 6.07) is 7.17. The van der Waals surface area contributed by atoms with E-state index in [2.05, 4.69) is 9.98 Å². The Morgan fingerprint density at radius 1 is 1.06 bits per heavy atom. The molecule has 2 aromatic rings. The smallest absolute Gasteiger partial charge is 0.284 e. The van der Waals surface area contributed by atoms with Gasteiger partial charge in [-0.25, -0.2) is 4.99 Å². The molecule has 0 bridgehead atoms. The maximum absolute atomic E-state index is 11.2. The maximum atomic E-state index is 11.2. The Balaban J connectivity index is 0.00000108. The molecule has 0 fully saturated rings. The van der Waals surface area contributed by atoms with Crippen LogP contribution in [0.3, 0.4) is 0 Å². The van der Waals surface area contributed by atoms with Crippen molar-refractivity contribution in [3.63, 3.8) is 0 Å². The molecule has 17 heavy (non-hydrogen) atoms. The molecular formula is C12H6N2NiO2. The molecule has 2 heterocycles. The normalized spacial score (nSPS) is 13.4. The molecule has 0 radical (unpaired) electrons. The number of benzene rings is 1. The van der Waals surface area contributed by atoms with E-state index in [9.17, 15) is 9.59 Å². The van der Waals surface area contributed by atoms with Crippen molar-refractivity contribution in [2.75, 3.05) is 0 Å². The summed E-state index contributed by atoms with van der Waals surface area (Å²) < 4.78 is 0. The van der Waals surface area contributed by atoms with Gasteiger partial charge in [-0.15, -0.1) is 0 Å². The van der Waals surface area contributed by atoms with Crippen LogP contribution in [0, 0.1) is 0 Å². The molecule has 5 heteroatoms. The van der Waals surface area contributed by atoms with E-state index < -0.39 is 11.7 Å². The summed E-state index contributed by atoms with van der Waals surface area (Å²) in [6.45, 7) is 0. The zero-order chi connectivity index (χ0) is 11.1. The Bertz CT molecular complexity index is 753. The summed E-state index contributed by atoms with van der Waals surface area (Å²) in [6.07, 6.45) is 2.99. The van der Waals surface area contributed by atoms with E-state index in [0.717, 1.165) is 10.9 Å². The van der Waals surface area contributed by atoms with Crippen LogP contribution >= 0.6 is 0 Å². The van der Waals surface area contributed by atoms with Crippen LogP contribution < -0.4 is 10.6 Å². The molecule has 1 aromatic heterocycles. The van der Waals surface area contributed by atoms with Crippen molar-refractivity contribution in [2.45, 2.75) is 0 Å². The second-order valence-electron chi connectivity index (χ2n) is 3.50. The van der Waals surface area contributed by atoms with Crippen molar-refractivity contribution in [1.29, 1.82) is 0 Å². The fourth-order valence-electron chi connectivity index (χ4n) is 1.75. The van der Waals surface area contributed by atoms with Gasteiger partial charge in [-0.3, -0.25) is 14.6 Å². The SMILES string of the molecule is O=C1C=c2ccc3ncccc3c2=NC1=O.[Ni]. The number of ketones is 1. The molecule has 1 amide bonds. The standard InChI is InChI=1S/C12H6N2O2.Ni/c15-10-6-7-3-4-9-8(2-1-5-13-9)11(7)14-12(10)16;/h1-6H;. The molecule has 0 saturated carbocycles. The minimum absolute atomic E-state index is 0. The van der Waals surface area contributed by atoms with Crippen molar-refractivity contribution in [1.82, 2.24) is 4.98 Å². The first-order valence-corrected chi connectivity index (χ1v) is 4.78. The predicted octanol–water partition coefficient (Wildman–Crippen LogP) is -0.258. The van der Waals surface area contributed by atoms with E-state index >= 15 is 0 Å². The van der Waals surface area contributed by atoms with Gasteiger partial charge in [0.1, 0.15) is 0 Å². The first kappa shape index (κ1) is 11.6. The first-order valence-electron chi connectivity index (χ1n) is 4.78. The van der Waals surface area contributed by atoms with Gasteiger partial charge in [0.25, 0.3) is 0 Å². The van der Waals surface area contributed by atoms with Gasteiger partial charge >= 0.3 is 5.91 Å². The Labute approximate surface area is 106 Å². The van der Waals surface area contributed by atoms with Crippen molar-refractivity contribution < 1.29 is 26.1 Å². The van der Waals surface area contributed by atoms with Gasteiger partial charge in [-0.2, -0.15) is 0 Å². The first-order chi connectivity index (χ1) is 7.75. The molecule has 3 rings (SSSR count). The van der Waals surface area contributed by atoms with Gasteiger partial charge in [-0.05, 0) is 18.2 Å². The van der Waals surface area contributed by atoms with Crippen LogP contribution in [0.4, 0.5) is 0 Å². The molecule has 0 atom stereocenters. The number of pyridine rings is 1. The van der Waals surface area contributed by atoms with Crippen LogP contribution in [0.2, 0.25) is 0 Å². The summed E-state index contributed by atoms with van der Waals surface area (Å²) in [5.74, 6) is -1.29. The quantitative estimate of drug-likeness (QED) is 0.489. The Morgan fingerprint density at radius 2 is 1.88 bits per heavy atom. The third-order valence-corrected chi connectivity index (χ3v) is 2.50. The number of rotatable bonds is 0. The van der Waals surface area contributed by atoms with E-state index in [1.54, 1.807) is 18.3 Å². The number of amides is 1. The Kier molecular flexibility index (Phi) is 2.86. The second-order valence-corrected chi connectivity index (χ2v) is 3.50. The molecule has 4 nitrogen and oxygen atoms in total. The minimum Gasteiger partial charge on any atom is -0.284 e. The van der Waals surface area contributed by atoms with Gasteiger partial charge in [0.2, 0.25) is 5.78 Å². The molecule has 86 valence electrons. The van der Waals surface area contributed by atoms with E-state index in [1.165, 1.54) is 6.08 Å². The third kappa shape index (κ3) is 1.79. The zero-order valence-corrected chi connectivity index (χ0v) is 9.48. The van der Waals surface area contributed by atoms with Gasteiger partial charge in [0.15, 0.2) is 0 Å². The number of carbonyl (C=O) groups excluding carboxylic acids is 2. The van der Waals surface area contributed by atoms with Crippen LogP contribution in [0.5, 0.6) is 0 Å². The molecule has 0 N–H and O–H groups in total. The average Bonchev–Trinajstić information content (AvgIpc) is 2.31. The van der Waals surface area contributed by atoms with Crippen molar-refractivity contribution in [3.8, 4) is 0 Å². The van der Waals surface area contributed by atoms with Crippen LogP contribution in [-0.4, -0.2) is 16.7 Å². The maximum Gasteiger partial charge on any atom is 0.318 e. The molecule has 0 aliphatic carbocycles. The van der Waals surface area contributed by atoms with Crippen LogP contribution in [-0.2, 0) is 26.1 Å². The summed E-state index contributed by atoms with van der Waals surface area (Å²) in [4.78, 5) is 30.4. The summed E-state index contributed by atoms with van der Waals surface area (Å²) in [5, 5.41) is 2.00. The number of aromatic nitrogens is 1. The molecule has 1 aromatic carbocycles. The minimum atomic E-state index is -0.719. The molecule has 1 aliphatic rings. The summed E-state index contributed by atoms with van der Waals surface area (Å²) in [7, 11) is 0. The monoisotopic (exact) mass is 268 g/mol. The molecular weight excluding hydrogens is 263 g/mol. The largest absolute Gasteiger partial charge is 0.318 e. The van der Waals surface area contributed by atoms with Gasteiger partial charge in [-0.1, -0.05) is 6.07 Å². The molecule has 0 spiro atoms. The Hall–Kier alpha value is -1.87. The zero-order valence-electron chi connectivity index (χ0n) is 8.49. The van der Waals surface area contributed by atoms with E-state index in [0.29, 0.717) is 10.6 Å². The molecule has 0 saturated heterocycles. The van der Waals surface area contributed by atoms with E-state index in [4.69, 9.17) is 0 Å². The third-order valence-electron chi connectivity index (χ3n) is 2.50. The van der Waals surface area contributed by atoms with Crippen molar-refractivity contribution in [2.24, 2.45) is 4.99 Å².